The van der Waals surface area contributed by atoms with E-state index in [2.05, 4.69) is 4.98 Å². The summed E-state index contributed by atoms with van der Waals surface area (Å²) in [4.78, 5) is 31.0. The van der Waals surface area contributed by atoms with Gasteiger partial charge in [0.15, 0.2) is 0 Å². The van der Waals surface area contributed by atoms with E-state index in [4.69, 9.17) is 0 Å². The molecule has 5 nitrogen and oxygen atoms in total. The SMILES string of the molecule is CN1CCN(C(=O)c2cccc(F)n2)C(C)(C)C1=O. The lowest BCUT2D eigenvalue weighted by Gasteiger charge is -2.44. The molecule has 0 spiro atoms. The lowest BCUT2D eigenvalue weighted by atomic mass is 9.97. The van der Waals surface area contributed by atoms with Crippen LogP contribution in [0.15, 0.2) is 18.2 Å². The van der Waals surface area contributed by atoms with Crippen molar-refractivity contribution in [3.8, 4) is 0 Å². The van der Waals surface area contributed by atoms with Crippen LogP contribution in [-0.2, 0) is 4.79 Å². The normalized spacial score (nSPS) is 18.6. The van der Waals surface area contributed by atoms with Gasteiger partial charge < -0.3 is 9.80 Å². The number of hydrogen-bond donors (Lipinski definition) is 0. The molecule has 1 aliphatic rings. The van der Waals surface area contributed by atoms with Crippen LogP contribution < -0.4 is 0 Å². The topological polar surface area (TPSA) is 53.5 Å². The largest absolute Gasteiger partial charge is 0.342 e. The number of halogens is 1. The third-order valence-electron chi connectivity index (χ3n) is 3.38. The summed E-state index contributed by atoms with van der Waals surface area (Å²) in [6.07, 6.45) is 0. The monoisotopic (exact) mass is 265 g/mol. The van der Waals surface area contributed by atoms with E-state index in [9.17, 15) is 14.0 Å². The third kappa shape index (κ3) is 2.30. The molecule has 2 heterocycles. The summed E-state index contributed by atoms with van der Waals surface area (Å²) < 4.78 is 13.1. The number of likely N-dealkylation sites (N-methyl/N-ethyl adjacent to an activating group) is 1. The molecule has 1 aromatic heterocycles. The first-order chi connectivity index (χ1) is 8.84. The molecule has 1 saturated heterocycles. The van der Waals surface area contributed by atoms with Crippen molar-refractivity contribution in [2.24, 2.45) is 0 Å². The summed E-state index contributed by atoms with van der Waals surface area (Å²) in [5.41, 5.74) is -0.927. The standard InChI is InChI=1S/C13H16FN3O2/c1-13(2)12(19)16(3)7-8-17(13)11(18)9-5-4-6-10(14)15-9/h4-6H,7-8H2,1-3H3. The maximum Gasteiger partial charge on any atom is 0.273 e. The first kappa shape index (κ1) is 13.5. The number of amides is 2. The minimum Gasteiger partial charge on any atom is -0.342 e. The maximum atomic E-state index is 13.1. The Morgan fingerprint density at radius 2 is 2.05 bits per heavy atom. The van der Waals surface area contributed by atoms with E-state index < -0.39 is 17.4 Å². The average Bonchev–Trinajstić information content (AvgIpc) is 2.35. The minimum absolute atomic E-state index is 0.0189. The lowest BCUT2D eigenvalue weighted by Crippen LogP contribution is -2.63. The van der Waals surface area contributed by atoms with Crippen molar-refractivity contribution < 1.29 is 14.0 Å². The molecule has 0 N–H and O–H groups in total. The van der Waals surface area contributed by atoms with E-state index >= 15 is 0 Å². The second-order valence-electron chi connectivity index (χ2n) is 5.09. The first-order valence-electron chi connectivity index (χ1n) is 6.04. The van der Waals surface area contributed by atoms with Crippen molar-refractivity contribution in [1.29, 1.82) is 0 Å². The van der Waals surface area contributed by atoms with Gasteiger partial charge in [0.05, 0.1) is 0 Å². The number of piperazine rings is 1. The second-order valence-corrected chi connectivity index (χ2v) is 5.09. The first-order valence-corrected chi connectivity index (χ1v) is 6.04. The number of pyridine rings is 1. The van der Waals surface area contributed by atoms with Gasteiger partial charge in [0.2, 0.25) is 11.9 Å². The Bertz CT molecular complexity index is 530. The van der Waals surface area contributed by atoms with Crippen LogP contribution in [0.4, 0.5) is 4.39 Å². The van der Waals surface area contributed by atoms with Crippen LogP contribution in [0.1, 0.15) is 24.3 Å². The minimum atomic E-state index is -0.946. The Morgan fingerprint density at radius 1 is 1.37 bits per heavy atom. The highest BCUT2D eigenvalue weighted by Crippen LogP contribution is 2.23. The van der Waals surface area contributed by atoms with Gasteiger partial charge in [0.1, 0.15) is 11.2 Å². The summed E-state index contributed by atoms with van der Waals surface area (Å²) in [5, 5.41) is 0. The van der Waals surface area contributed by atoms with E-state index in [1.54, 1.807) is 25.8 Å². The molecule has 1 aliphatic heterocycles. The van der Waals surface area contributed by atoms with Gasteiger partial charge in [0.25, 0.3) is 5.91 Å². The predicted octanol–water partition coefficient (Wildman–Crippen LogP) is 0.913. The average molecular weight is 265 g/mol. The van der Waals surface area contributed by atoms with Crippen molar-refractivity contribution >= 4 is 11.8 Å². The molecule has 1 fully saturated rings. The summed E-state index contributed by atoms with van der Waals surface area (Å²) >= 11 is 0. The molecular formula is C13H16FN3O2. The van der Waals surface area contributed by atoms with E-state index in [1.165, 1.54) is 23.1 Å². The number of aromatic nitrogens is 1. The van der Waals surface area contributed by atoms with Crippen molar-refractivity contribution in [2.45, 2.75) is 19.4 Å². The van der Waals surface area contributed by atoms with Gasteiger partial charge in [-0.2, -0.15) is 4.39 Å². The van der Waals surface area contributed by atoms with Crippen LogP contribution in [0.25, 0.3) is 0 Å². The van der Waals surface area contributed by atoms with Crippen LogP contribution in [0.2, 0.25) is 0 Å². The van der Waals surface area contributed by atoms with Crippen LogP contribution >= 0.6 is 0 Å². The van der Waals surface area contributed by atoms with Crippen LogP contribution in [0, 0.1) is 5.95 Å². The molecule has 0 aliphatic carbocycles. The molecule has 0 atom stereocenters. The van der Waals surface area contributed by atoms with Crippen LogP contribution in [-0.4, -0.2) is 52.3 Å². The highest BCUT2D eigenvalue weighted by molar-refractivity contribution is 5.98. The van der Waals surface area contributed by atoms with Crippen LogP contribution in [0.3, 0.4) is 0 Å². The number of carbonyl (C=O) groups is 2. The Hall–Kier alpha value is -1.98. The van der Waals surface area contributed by atoms with Gasteiger partial charge in [-0.3, -0.25) is 9.59 Å². The third-order valence-corrected chi connectivity index (χ3v) is 3.38. The quantitative estimate of drug-likeness (QED) is 0.709. The summed E-state index contributed by atoms with van der Waals surface area (Å²) in [7, 11) is 1.70. The molecule has 0 aromatic carbocycles. The number of carbonyl (C=O) groups excluding carboxylic acids is 2. The smallest absolute Gasteiger partial charge is 0.273 e. The summed E-state index contributed by atoms with van der Waals surface area (Å²) in [6, 6.07) is 4.06. The number of nitrogens with zero attached hydrogens (tertiary/aromatic N) is 3. The van der Waals surface area contributed by atoms with Gasteiger partial charge >= 0.3 is 0 Å². The highest BCUT2D eigenvalue weighted by Gasteiger charge is 2.43. The molecule has 0 bridgehead atoms. The number of rotatable bonds is 1. The van der Waals surface area contributed by atoms with Gasteiger partial charge in [0, 0.05) is 20.1 Å². The zero-order chi connectivity index (χ0) is 14.2. The Morgan fingerprint density at radius 3 is 2.68 bits per heavy atom. The van der Waals surface area contributed by atoms with Gasteiger partial charge in [-0.1, -0.05) is 6.07 Å². The molecule has 2 amide bonds. The van der Waals surface area contributed by atoms with Crippen LogP contribution in [0.5, 0.6) is 0 Å². The molecular weight excluding hydrogens is 249 g/mol. The summed E-state index contributed by atoms with van der Waals surface area (Å²) in [5.74, 6) is -1.27. The van der Waals surface area contributed by atoms with Crippen molar-refractivity contribution in [3.63, 3.8) is 0 Å². The van der Waals surface area contributed by atoms with Crippen molar-refractivity contribution in [1.82, 2.24) is 14.8 Å². The van der Waals surface area contributed by atoms with Gasteiger partial charge in [-0.25, -0.2) is 4.98 Å². The molecule has 1 aromatic rings. The fraction of sp³-hybridized carbons (Fsp3) is 0.462. The predicted molar refractivity (Wildman–Crippen MR) is 66.9 cm³/mol. The molecule has 0 saturated carbocycles. The van der Waals surface area contributed by atoms with Gasteiger partial charge in [-0.15, -0.1) is 0 Å². The number of hydrogen-bond acceptors (Lipinski definition) is 3. The van der Waals surface area contributed by atoms with Crippen molar-refractivity contribution in [2.75, 3.05) is 20.1 Å². The molecule has 0 radical (unpaired) electrons. The fourth-order valence-electron chi connectivity index (χ4n) is 2.23. The molecule has 6 heteroatoms. The fourth-order valence-corrected chi connectivity index (χ4v) is 2.23. The van der Waals surface area contributed by atoms with E-state index in [0.29, 0.717) is 13.1 Å². The maximum absolute atomic E-state index is 13.1. The Kier molecular flexibility index (Phi) is 3.26. The Labute approximate surface area is 111 Å². The molecule has 0 unspecified atom stereocenters. The lowest BCUT2D eigenvalue weighted by molar-refractivity contribution is -0.144. The van der Waals surface area contributed by atoms with E-state index in [1.807, 2.05) is 0 Å². The highest BCUT2D eigenvalue weighted by atomic mass is 19.1. The van der Waals surface area contributed by atoms with Gasteiger partial charge in [-0.05, 0) is 26.0 Å². The van der Waals surface area contributed by atoms with E-state index in [0.717, 1.165) is 0 Å². The molecule has 102 valence electrons. The zero-order valence-electron chi connectivity index (χ0n) is 11.2. The van der Waals surface area contributed by atoms with Crippen molar-refractivity contribution in [3.05, 3.63) is 29.8 Å². The Balaban J connectivity index is 2.31. The summed E-state index contributed by atoms with van der Waals surface area (Å²) in [6.45, 7) is 4.24. The zero-order valence-corrected chi connectivity index (χ0v) is 11.2. The molecule has 2 rings (SSSR count). The molecule has 19 heavy (non-hydrogen) atoms. The second kappa shape index (κ2) is 4.60. The van der Waals surface area contributed by atoms with E-state index in [-0.39, 0.29) is 11.6 Å².